The third-order valence-electron chi connectivity index (χ3n) is 4.67. The SMILES string of the molecule is O=CC#Cc1ccc(C#Cc2ccc(N(c3ccccc3)c3ccccc3)cc2)cc1. The Hall–Kier alpha value is -4.53. The molecule has 0 fully saturated rings. The van der Waals surface area contributed by atoms with E-state index < -0.39 is 0 Å². The van der Waals surface area contributed by atoms with Crippen molar-refractivity contribution in [2.75, 3.05) is 4.90 Å². The van der Waals surface area contributed by atoms with Crippen LogP contribution in [0.15, 0.2) is 109 Å². The maximum Gasteiger partial charge on any atom is 0.193 e. The number of carbonyl (C=O) groups excluding carboxylic acids is 1. The van der Waals surface area contributed by atoms with E-state index in [9.17, 15) is 4.79 Å². The van der Waals surface area contributed by atoms with Gasteiger partial charge in [0.2, 0.25) is 0 Å². The first-order valence-corrected chi connectivity index (χ1v) is 9.91. The lowest BCUT2D eigenvalue weighted by atomic mass is 10.1. The van der Waals surface area contributed by atoms with Gasteiger partial charge in [0.05, 0.1) is 0 Å². The molecule has 0 bridgehead atoms. The largest absolute Gasteiger partial charge is 0.311 e. The third-order valence-corrected chi connectivity index (χ3v) is 4.67. The number of para-hydroxylation sites is 2. The van der Waals surface area contributed by atoms with Crippen molar-refractivity contribution < 1.29 is 4.79 Å². The Bertz CT molecular complexity index is 1230. The summed E-state index contributed by atoms with van der Waals surface area (Å²) in [6.07, 6.45) is 0.591. The van der Waals surface area contributed by atoms with Crippen LogP contribution in [0.4, 0.5) is 17.1 Å². The third kappa shape index (κ3) is 5.10. The van der Waals surface area contributed by atoms with Gasteiger partial charge in [0.15, 0.2) is 6.29 Å². The van der Waals surface area contributed by atoms with E-state index in [0.717, 1.165) is 33.8 Å². The Balaban J connectivity index is 1.58. The second kappa shape index (κ2) is 9.79. The van der Waals surface area contributed by atoms with Crippen LogP contribution in [0.5, 0.6) is 0 Å². The van der Waals surface area contributed by atoms with Crippen LogP contribution >= 0.6 is 0 Å². The summed E-state index contributed by atoms with van der Waals surface area (Å²) in [5.41, 5.74) is 5.91. The van der Waals surface area contributed by atoms with Crippen molar-refractivity contribution in [1.29, 1.82) is 0 Å². The normalized spacial score (nSPS) is 9.55. The molecule has 0 aliphatic carbocycles. The van der Waals surface area contributed by atoms with E-state index in [-0.39, 0.29) is 0 Å². The van der Waals surface area contributed by atoms with Crippen molar-refractivity contribution in [2.24, 2.45) is 0 Å². The van der Waals surface area contributed by atoms with Crippen molar-refractivity contribution in [3.63, 3.8) is 0 Å². The molecule has 0 amide bonds. The molecule has 0 heterocycles. The molecule has 0 spiro atoms. The number of aldehydes is 1. The molecule has 0 aliphatic heterocycles. The molecular weight excluding hydrogens is 378 g/mol. The molecule has 4 aromatic rings. The van der Waals surface area contributed by atoms with E-state index in [2.05, 4.69) is 65.0 Å². The van der Waals surface area contributed by atoms with Gasteiger partial charge in [-0.1, -0.05) is 54.2 Å². The van der Waals surface area contributed by atoms with Crippen LogP contribution in [0.2, 0.25) is 0 Å². The lowest BCUT2D eigenvalue weighted by molar-refractivity contribution is -0.103. The van der Waals surface area contributed by atoms with Crippen LogP contribution in [-0.4, -0.2) is 6.29 Å². The van der Waals surface area contributed by atoms with Crippen LogP contribution in [0.3, 0.4) is 0 Å². The molecule has 0 radical (unpaired) electrons. The molecule has 0 saturated carbocycles. The van der Waals surface area contributed by atoms with Gasteiger partial charge in [0, 0.05) is 33.8 Å². The minimum atomic E-state index is 0.591. The van der Waals surface area contributed by atoms with Gasteiger partial charge in [-0.2, -0.15) is 0 Å². The van der Waals surface area contributed by atoms with Gasteiger partial charge in [-0.15, -0.1) is 0 Å². The molecule has 2 nitrogen and oxygen atoms in total. The second-order valence-electron chi connectivity index (χ2n) is 6.77. The Kier molecular flexibility index (Phi) is 6.24. The quantitative estimate of drug-likeness (QED) is 0.307. The van der Waals surface area contributed by atoms with Crippen LogP contribution in [-0.2, 0) is 4.79 Å². The Morgan fingerprint density at radius 1 is 0.484 bits per heavy atom. The average molecular weight is 397 g/mol. The zero-order chi connectivity index (χ0) is 21.3. The molecule has 0 N–H and O–H groups in total. The van der Waals surface area contributed by atoms with Gasteiger partial charge in [0.25, 0.3) is 0 Å². The highest BCUT2D eigenvalue weighted by molar-refractivity contribution is 5.76. The van der Waals surface area contributed by atoms with Crippen LogP contribution in [0, 0.1) is 23.7 Å². The fourth-order valence-electron chi connectivity index (χ4n) is 3.19. The van der Waals surface area contributed by atoms with Crippen molar-refractivity contribution in [1.82, 2.24) is 0 Å². The first kappa shape index (κ1) is 19.8. The highest BCUT2D eigenvalue weighted by Gasteiger charge is 2.11. The summed E-state index contributed by atoms with van der Waals surface area (Å²) in [6.45, 7) is 0. The highest BCUT2D eigenvalue weighted by atomic mass is 16.1. The minimum absolute atomic E-state index is 0.591. The number of benzene rings is 4. The zero-order valence-electron chi connectivity index (χ0n) is 16.8. The first-order chi connectivity index (χ1) is 15.3. The van der Waals surface area contributed by atoms with Crippen LogP contribution in [0.25, 0.3) is 0 Å². The number of rotatable bonds is 3. The molecule has 2 heteroatoms. The first-order valence-electron chi connectivity index (χ1n) is 9.91. The summed E-state index contributed by atoms with van der Waals surface area (Å²) in [6, 6.07) is 36.4. The Morgan fingerprint density at radius 3 is 1.32 bits per heavy atom. The van der Waals surface area contributed by atoms with Crippen LogP contribution < -0.4 is 4.90 Å². The monoisotopic (exact) mass is 397 g/mol. The molecule has 31 heavy (non-hydrogen) atoms. The standard InChI is InChI=1S/C29H19NO/c31-23-7-8-24-13-15-25(16-14-24)17-18-26-19-21-29(22-20-26)30(27-9-3-1-4-10-27)28-11-5-2-6-12-28/h1-6,9-16,19-23H. The van der Waals surface area contributed by atoms with Gasteiger partial charge in [-0.3, -0.25) is 4.79 Å². The van der Waals surface area contributed by atoms with E-state index in [4.69, 9.17) is 0 Å². The summed E-state index contributed by atoms with van der Waals surface area (Å²) < 4.78 is 0. The zero-order valence-corrected chi connectivity index (χ0v) is 16.8. The molecule has 0 aromatic heterocycles. The summed E-state index contributed by atoms with van der Waals surface area (Å²) in [5.74, 6) is 11.6. The topological polar surface area (TPSA) is 20.3 Å². The lowest BCUT2D eigenvalue weighted by Crippen LogP contribution is -2.09. The molecular formula is C29H19NO. The molecule has 4 aromatic carbocycles. The fraction of sp³-hybridized carbons (Fsp3) is 0. The number of hydrogen-bond donors (Lipinski definition) is 0. The van der Waals surface area contributed by atoms with Crippen LogP contribution in [0.1, 0.15) is 16.7 Å². The van der Waals surface area contributed by atoms with Gasteiger partial charge in [-0.05, 0) is 78.7 Å². The van der Waals surface area contributed by atoms with E-state index in [0.29, 0.717) is 6.29 Å². The number of carbonyl (C=O) groups is 1. The molecule has 0 unspecified atom stereocenters. The predicted octanol–water partition coefficient (Wildman–Crippen LogP) is 6.11. The minimum Gasteiger partial charge on any atom is -0.311 e. The van der Waals surface area contributed by atoms with Gasteiger partial charge in [0.1, 0.15) is 0 Å². The van der Waals surface area contributed by atoms with Crippen molar-refractivity contribution in [2.45, 2.75) is 0 Å². The molecule has 146 valence electrons. The second-order valence-corrected chi connectivity index (χ2v) is 6.77. The van der Waals surface area contributed by atoms with Crippen molar-refractivity contribution in [3.05, 3.63) is 126 Å². The molecule has 0 aliphatic rings. The average Bonchev–Trinajstić information content (AvgIpc) is 2.84. The Morgan fingerprint density at radius 2 is 0.871 bits per heavy atom. The lowest BCUT2D eigenvalue weighted by Gasteiger charge is -2.25. The summed E-state index contributed by atoms with van der Waals surface area (Å²) in [7, 11) is 0. The molecule has 4 rings (SSSR count). The van der Waals surface area contributed by atoms with Gasteiger partial charge in [-0.25, -0.2) is 0 Å². The number of nitrogens with zero attached hydrogens (tertiary/aromatic N) is 1. The molecule has 0 saturated heterocycles. The van der Waals surface area contributed by atoms with Gasteiger partial charge < -0.3 is 4.90 Å². The molecule has 0 atom stereocenters. The van der Waals surface area contributed by atoms with E-state index in [1.165, 1.54) is 0 Å². The number of hydrogen-bond acceptors (Lipinski definition) is 2. The van der Waals surface area contributed by atoms with Crippen molar-refractivity contribution in [3.8, 4) is 23.7 Å². The highest BCUT2D eigenvalue weighted by Crippen LogP contribution is 2.33. The van der Waals surface area contributed by atoms with E-state index in [1.54, 1.807) is 0 Å². The Labute approximate surface area is 182 Å². The summed E-state index contributed by atoms with van der Waals surface area (Å²) in [4.78, 5) is 12.6. The predicted molar refractivity (Wildman–Crippen MR) is 126 cm³/mol. The number of anilines is 3. The summed E-state index contributed by atoms with van der Waals surface area (Å²) in [5, 5.41) is 0. The van der Waals surface area contributed by atoms with Gasteiger partial charge >= 0.3 is 0 Å². The smallest absolute Gasteiger partial charge is 0.193 e. The summed E-state index contributed by atoms with van der Waals surface area (Å²) >= 11 is 0. The maximum atomic E-state index is 10.3. The van der Waals surface area contributed by atoms with E-state index in [1.807, 2.05) is 72.8 Å². The van der Waals surface area contributed by atoms with E-state index >= 15 is 0 Å². The van der Waals surface area contributed by atoms with Crippen molar-refractivity contribution >= 4 is 23.3 Å². The fourth-order valence-corrected chi connectivity index (χ4v) is 3.19. The maximum absolute atomic E-state index is 10.3.